The fourth-order valence-corrected chi connectivity index (χ4v) is 3.67. The summed E-state index contributed by atoms with van der Waals surface area (Å²) in [5, 5.41) is 3.37. The molecule has 3 rings (SSSR count). The summed E-state index contributed by atoms with van der Waals surface area (Å²) >= 11 is 6.03. The van der Waals surface area contributed by atoms with Crippen LogP contribution in [0.3, 0.4) is 0 Å². The molecule has 0 aliphatic carbocycles. The highest BCUT2D eigenvalue weighted by molar-refractivity contribution is 6.30. The summed E-state index contributed by atoms with van der Waals surface area (Å²) in [6.45, 7) is 0.343. The van der Waals surface area contributed by atoms with Crippen LogP contribution in [0.1, 0.15) is 23.1 Å². The van der Waals surface area contributed by atoms with E-state index in [0.29, 0.717) is 30.8 Å². The summed E-state index contributed by atoms with van der Waals surface area (Å²) in [6.07, 6.45) is 1.41. The number of hydrogen-bond donors (Lipinski definition) is 1. The summed E-state index contributed by atoms with van der Waals surface area (Å²) in [5.74, 6) is -0.228. The quantitative estimate of drug-likeness (QED) is 0.532. The van der Waals surface area contributed by atoms with Crippen LogP contribution >= 0.6 is 11.6 Å². The Morgan fingerprint density at radius 1 is 0.839 bits per heavy atom. The van der Waals surface area contributed by atoms with E-state index in [2.05, 4.69) is 5.32 Å². The smallest absolute Gasteiger partial charge is 0.242 e. The SMILES string of the molecule is CNC(=O)[C@H](Cc1ccccc1)N(Cc1ccc(Cl)cc1)C(=O)CCc1ccccc1. The number of carbonyl (C=O) groups is 2. The van der Waals surface area contributed by atoms with Crippen LogP contribution in [0.25, 0.3) is 0 Å². The number of hydrogen-bond acceptors (Lipinski definition) is 2. The predicted octanol–water partition coefficient (Wildman–Crippen LogP) is 4.66. The van der Waals surface area contributed by atoms with Crippen molar-refractivity contribution in [2.45, 2.75) is 31.8 Å². The molecule has 4 nitrogen and oxygen atoms in total. The minimum absolute atomic E-state index is 0.0525. The van der Waals surface area contributed by atoms with Gasteiger partial charge < -0.3 is 10.2 Å². The van der Waals surface area contributed by atoms with E-state index in [-0.39, 0.29) is 11.8 Å². The Morgan fingerprint density at radius 3 is 2.00 bits per heavy atom. The highest BCUT2D eigenvalue weighted by Gasteiger charge is 2.29. The Hall–Kier alpha value is -3.11. The number of benzene rings is 3. The molecule has 1 atom stereocenters. The number of carbonyl (C=O) groups excluding carboxylic acids is 2. The Balaban J connectivity index is 1.86. The Morgan fingerprint density at radius 2 is 1.42 bits per heavy atom. The predicted molar refractivity (Wildman–Crippen MR) is 125 cm³/mol. The third-order valence-electron chi connectivity index (χ3n) is 5.25. The summed E-state index contributed by atoms with van der Waals surface area (Å²) in [4.78, 5) is 27.9. The molecule has 0 heterocycles. The van der Waals surface area contributed by atoms with Crippen molar-refractivity contribution in [2.75, 3.05) is 7.05 Å². The Labute approximate surface area is 188 Å². The second-order valence-electron chi connectivity index (χ2n) is 7.45. The minimum atomic E-state index is -0.605. The van der Waals surface area contributed by atoms with Gasteiger partial charge in [-0.15, -0.1) is 0 Å². The van der Waals surface area contributed by atoms with E-state index in [1.165, 1.54) is 0 Å². The molecule has 1 N–H and O–H groups in total. The van der Waals surface area contributed by atoms with Crippen molar-refractivity contribution in [3.63, 3.8) is 0 Å². The topological polar surface area (TPSA) is 49.4 Å². The first-order valence-corrected chi connectivity index (χ1v) is 10.8. The van der Waals surface area contributed by atoms with E-state index >= 15 is 0 Å². The van der Waals surface area contributed by atoms with Gasteiger partial charge in [-0.3, -0.25) is 9.59 Å². The van der Waals surface area contributed by atoms with Gasteiger partial charge in [-0.2, -0.15) is 0 Å². The summed E-state index contributed by atoms with van der Waals surface area (Å²) in [7, 11) is 1.61. The zero-order valence-corrected chi connectivity index (χ0v) is 18.4. The highest BCUT2D eigenvalue weighted by atomic mass is 35.5. The molecule has 0 spiro atoms. The van der Waals surface area contributed by atoms with Crippen LogP contribution in [0.2, 0.25) is 5.02 Å². The van der Waals surface area contributed by atoms with E-state index < -0.39 is 6.04 Å². The Kier molecular flexibility index (Phi) is 8.25. The third kappa shape index (κ3) is 6.69. The molecule has 0 saturated heterocycles. The van der Waals surface area contributed by atoms with Crippen LogP contribution in [0.4, 0.5) is 0 Å². The van der Waals surface area contributed by atoms with Gasteiger partial charge >= 0.3 is 0 Å². The van der Waals surface area contributed by atoms with Crippen molar-refractivity contribution < 1.29 is 9.59 Å². The molecule has 0 unspecified atom stereocenters. The third-order valence-corrected chi connectivity index (χ3v) is 5.51. The van der Waals surface area contributed by atoms with Gasteiger partial charge in [0.15, 0.2) is 0 Å². The van der Waals surface area contributed by atoms with Gasteiger partial charge in [-0.25, -0.2) is 0 Å². The van der Waals surface area contributed by atoms with Crippen molar-refractivity contribution in [1.29, 1.82) is 0 Å². The standard InChI is InChI=1S/C26H27ClN2O2/c1-28-26(31)24(18-21-10-6-3-7-11-21)29(19-22-12-15-23(27)16-13-22)25(30)17-14-20-8-4-2-5-9-20/h2-13,15-16,24H,14,17-19H2,1H3,(H,28,31)/t24-/m0/s1. The number of aryl methyl sites for hydroxylation is 1. The minimum Gasteiger partial charge on any atom is -0.357 e. The fraction of sp³-hybridized carbons (Fsp3) is 0.231. The van der Waals surface area contributed by atoms with Crippen LogP contribution in [-0.2, 0) is 29.0 Å². The molecule has 160 valence electrons. The molecule has 0 bridgehead atoms. The molecule has 0 fully saturated rings. The molecule has 5 heteroatoms. The van der Waals surface area contributed by atoms with Crippen molar-refractivity contribution in [3.8, 4) is 0 Å². The largest absolute Gasteiger partial charge is 0.357 e. The van der Waals surface area contributed by atoms with E-state index in [1.807, 2.05) is 72.8 Å². The van der Waals surface area contributed by atoms with Crippen LogP contribution < -0.4 is 5.32 Å². The lowest BCUT2D eigenvalue weighted by atomic mass is 10.0. The number of amides is 2. The van der Waals surface area contributed by atoms with Crippen LogP contribution in [0, 0.1) is 0 Å². The van der Waals surface area contributed by atoms with Gasteiger partial charge in [0.05, 0.1) is 0 Å². The maximum absolute atomic E-state index is 13.4. The molecule has 0 saturated carbocycles. The lowest BCUT2D eigenvalue weighted by molar-refractivity contribution is -0.141. The van der Waals surface area contributed by atoms with Gasteiger partial charge in [-0.1, -0.05) is 84.4 Å². The lowest BCUT2D eigenvalue weighted by Crippen LogP contribution is -2.49. The van der Waals surface area contributed by atoms with E-state index in [1.54, 1.807) is 24.1 Å². The highest BCUT2D eigenvalue weighted by Crippen LogP contribution is 2.18. The van der Waals surface area contributed by atoms with Gasteiger partial charge in [0.1, 0.15) is 6.04 Å². The first-order valence-electron chi connectivity index (χ1n) is 10.4. The van der Waals surface area contributed by atoms with E-state index in [4.69, 9.17) is 11.6 Å². The molecule has 0 aliphatic rings. The van der Waals surface area contributed by atoms with Crippen molar-refractivity contribution in [1.82, 2.24) is 10.2 Å². The molecular formula is C26H27ClN2O2. The second kappa shape index (κ2) is 11.3. The number of likely N-dealkylation sites (N-methyl/N-ethyl adjacent to an activating group) is 1. The molecule has 0 aliphatic heterocycles. The van der Waals surface area contributed by atoms with Gasteiger partial charge in [0.2, 0.25) is 11.8 Å². The van der Waals surface area contributed by atoms with E-state index in [9.17, 15) is 9.59 Å². The van der Waals surface area contributed by atoms with Crippen LogP contribution in [-0.4, -0.2) is 29.8 Å². The molecule has 2 amide bonds. The van der Waals surface area contributed by atoms with Gasteiger partial charge in [-0.05, 0) is 35.2 Å². The van der Waals surface area contributed by atoms with Crippen molar-refractivity contribution in [2.24, 2.45) is 0 Å². The number of nitrogens with zero attached hydrogens (tertiary/aromatic N) is 1. The molecule has 0 aromatic heterocycles. The van der Waals surface area contributed by atoms with Crippen LogP contribution in [0.5, 0.6) is 0 Å². The molecule has 31 heavy (non-hydrogen) atoms. The lowest BCUT2D eigenvalue weighted by Gasteiger charge is -2.31. The van der Waals surface area contributed by atoms with Gasteiger partial charge in [0.25, 0.3) is 0 Å². The maximum Gasteiger partial charge on any atom is 0.242 e. The number of halogens is 1. The van der Waals surface area contributed by atoms with Crippen molar-refractivity contribution in [3.05, 3.63) is 107 Å². The first kappa shape index (κ1) is 22.6. The summed E-state index contributed by atoms with van der Waals surface area (Å²) < 4.78 is 0. The molecular weight excluding hydrogens is 408 g/mol. The van der Waals surface area contributed by atoms with Gasteiger partial charge in [0, 0.05) is 31.5 Å². The first-order chi connectivity index (χ1) is 15.1. The summed E-state index contributed by atoms with van der Waals surface area (Å²) in [6, 6.07) is 26.5. The molecule has 3 aromatic rings. The summed E-state index contributed by atoms with van der Waals surface area (Å²) in [5.41, 5.74) is 3.04. The second-order valence-corrected chi connectivity index (χ2v) is 7.89. The average Bonchev–Trinajstić information content (AvgIpc) is 2.81. The monoisotopic (exact) mass is 434 g/mol. The fourth-order valence-electron chi connectivity index (χ4n) is 3.55. The maximum atomic E-state index is 13.4. The Bertz CT molecular complexity index is 975. The number of nitrogens with one attached hydrogen (secondary N) is 1. The van der Waals surface area contributed by atoms with Crippen LogP contribution in [0.15, 0.2) is 84.9 Å². The van der Waals surface area contributed by atoms with Crippen molar-refractivity contribution >= 4 is 23.4 Å². The number of rotatable bonds is 9. The average molecular weight is 435 g/mol. The molecule has 0 radical (unpaired) electrons. The zero-order valence-electron chi connectivity index (χ0n) is 17.6. The van der Waals surface area contributed by atoms with E-state index in [0.717, 1.165) is 16.7 Å². The molecule has 3 aromatic carbocycles. The normalized spacial score (nSPS) is 11.5. The zero-order chi connectivity index (χ0) is 22.1.